The van der Waals surface area contributed by atoms with E-state index < -0.39 is 5.97 Å². The first-order valence-corrected chi connectivity index (χ1v) is 9.02. The summed E-state index contributed by atoms with van der Waals surface area (Å²) in [5.41, 5.74) is 2.00. The van der Waals surface area contributed by atoms with Crippen LogP contribution in [0.5, 0.6) is 11.5 Å². The summed E-state index contributed by atoms with van der Waals surface area (Å²) >= 11 is 5.99. The summed E-state index contributed by atoms with van der Waals surface area (Å²) in [5.74, 6) is 0.831. The Hall–Kier alpha value is -2.00. The lowest BCUT2D eigenvalue weighted by molar-refractivity contribution is 0.0731. The second kappa shape index (κ2) is 7.32. The Morgan fingerprint density at radius 3 is 2.12 bits per heavy atom. The highest BCUT2D eigenvalue weighted by molar-refractivity contribution is 6.30. The van der Waals surface area contributed by atoms with Crippen LogP contribution in [0.3, 0.4) is 0 Å². The lowest BCUT2D eigenvalue weighted by atomic mass is 9.79. The van der Waals surface area contributed by atoms with Crippen LogP contribution in [0, 0.1) is 0 Å². The van der Waals surface area contributed by atoms with Crippen molar-refractivity contribution in [1.29, 1.82) is 0 Å². The fourth-order valence-electron chi connectivity index (χ4n) is 2.94. The van der Waals surface area contributed by atoms with Gasteiger partial charge in [0.1, 0.15) is 11.5 Å². The number of esters is 1. The van der Waals surface area contributed by atoms with Crippen LogP contribution < -0.4 is 9.47 Å². The highest BCUT2D eigenvalue weighted by Gasteiger charge is 2.30. The van der Waals surface area contributed by atoms with E-state index >= 15 is 0 Å². The molecule has 0 saturated heterocycles. The van der Waals surface area contributed by atoms with Gasteiger partial charge >= 0.3 is 5.97 Å². The molecule has 0 radical (unpaired) electrons. The molecule has 2 aromatic rings. The van der Waals surface area contributed by atoms with Crippen LogP contribution in [0.25, 0.3) is 0 Å². The van der Waals surface area contributed by atoms with Crippen LogP contribution >= 0.6 is 11.6 Å². The minimum absolute atomic E-state index is 0.0964. The van der Waals surface area contributed by atoms with Gasteiger partial charge in [-0.05, 0) is 35.1 Å². The van der Waals surface area contributed by atoms with Gasteiger partial charge in [-0.3, -0.25) is 0 Å². The van der Waals surface area contributed by atoms with Crippen molar-refractivity contribution in [2.24, 2.45) is 0 Å². The number of halogens is 1. The van der Waals surface area contributed by atoms with E-state index in [9.17, 15) is 4.79 Å². The maximum absolute atomic E-state index is 12.6. The van der Waals surface area contributed by atoms with Crippen LogP contribution in [0.15, 0.2) is 36.4 Å². The normalized spacial score (nSPS) is 12.0. The third-order valence-electron chi connectivity index (χ3n) is 4.14. The Labute approximate surface area is 161 Å². The molecule has 26 heavy (non-hydrogen) atoms. The van der Waals surface area contributed by atoms with E-state index in [0.717, 1.165) is 16.9 Å². The van der Waals surface area contributed by atoms with E-state index in [4.69, 9.17) is 21.1 Å². The number of hydrogen-bond acceptors (Lipinski definition) is 3. The second-order valence-corrected chi connectivity index (χ2v) is 8.86. The van der Waals surface area contributed by atoms with Gasteiger partial charge in [0, 0.05) is 16.1 Å². The lowest BCUT2D eigenvalue weighted by Crippen LogP contribution is -2.21. The van der Waals surface area contributed by atoms with Gasteiger partial charge in [-0.25, -0.2) is 4.79 Å². The van der Waals surface area contributed by atoms with Gasteiger partial charge in [-0.2, -0.15) is 0 Å². The minimum Gasteiger partial charge on any atom is -0.496 e. The molecule has 0 aliphatic carbocycles. The highest BCUT2D eigenvalue weighted by Crippen LogP contribution is 2.44. The number of rotatable bonds is 3. The highest BCUT2D eigenvalue weighted by atomic mass is 35.5. The molecule has 2 aromatic carbocycles. The fraction of sp³-hybridized carbons (Fsp3) is 0.409. The first-order valence-electron chi connectivity index (χ1n) is 8.65. The summed E-state index contributed by atoms with van der Waals surface area (Å²) in [7, 11) is 1.66. The molecule has 0 amide bonds. The molecule has 0 saturated carbocycles. The molecule has 0 bridgehead atoms. The van der Waals surface area contributed by atoms with E-state index in [1.165, 1.54) is 0 Å². The van der Waals surface area contributed by atoms with Crippen molar-refractivity contribution in [3.05, 3.63) is 58.1 Å². The van der Waals surface area contributed by atoms with Crippen molar-refractivity contribution < 1.29 is 14.3 Å². The zero-order valence-corrected chi connectivity index (χ0v) is 17.3. The van der Waals surface area contributed by atoms with Gasteiger partial charge < -0.3 is 9.47 Å². The molecule has 4 heteroatoms. The molecule has 0 heterocycles. The summed E-state index contributed by atoms with van der Waals surface area (Å²) in [4.78, 5) is 12.6. The Morgan fingerprint density at radius 1 is 0.962 bits per heavy atom. The number of benzene rings is 2. The van der Waals surface area contributed by atoms with E-state index in [-0.39, 0.29) is 10.8 Å². The van der Waals surface area contributed by atoms with Gasteiger partial charge in [0.2, 0.25) is 0 Å². The molecule has 2 rings (SSSR count). The smallest absolute Gasteiger partial charge is 0.343 e. The standard InChI is InChI=1S/C22H27ClO3/c1-21(2,3)16-11-12-17(18(19(16)25-7)22(4,5)6)26-20(24)14-9-8-10-15(23)13-14/h8-13H,1-7H3. The maximum atomic E-state index is 12.6. The van der Waals surface area contributed by atoms with Crippen molar-refractivity contribution in [3.63, 3.8) is 0 Å². The third-order valence-corrected chi connectivity index (χ3v) is 4.38. The Morgan fingerprint density at radius 2 is 1.62 bits per heavy atom. The summed E-state index contributed by atoms with van der Waals surface area (Å²) in [6.07, 6.45) is 0. The van der Waals surface area contributed by atoms with Gasteiger partial charge in [0.15, 0.2) is 0 Å². The minimum atomic E-state index is -0.441. The number of methoxy groups -OCH3 is 1. The fourth-order valence-corrected chi connectivity index (χ4v) is 3.13. The van der Waals surface area contributed by atoms with E-state index in [1.807, 2.05) is 12.1 Å². The van der Waals surface area contributed by atoms with E-state index in [2.05, 4.69) is 41.5 Å². The van der Waals surface area contributed by atoms with Gasteiger partial charge in [0.05, 0.1) is 12.7 Å². The number of hydrogen-bond donors (Lipinski definition) is 0. The average Bonchev–Trinajstić information content (AvgIpc) is 2.52. The molecule has 0 aliphatic rings. The Kier molecular flexibility index (Phi) is 5.72. The first-order chi connectivity index (χ1) is 11.9. The molecule has 140 valence electrons. The molecule has 0 unspecified atom stereocenters. The molecule has 0 aliphatic heterocycles. The predicted octanol–water partition coefficient (Wildman–Crippen LogP) is 6.16. The SMILES string of the molecule is COc1c(C(C)(C)C)ccc(OC(=O)c2cccc(Cl)c2)c1C(C)(C)C. The van der Waals surface area contributed by atoms with Crippen LogP contribution in [0.2, 0.25) is 5.02 Å². The van der Waals surface area contributed by atoms with E-state index in [1.54, 1.807) is 31.4 Å². The summed E-state index contributed by atoms with van der Waals surface area (Å²) < 4.78 is 11.5. The molecular weight excluding hydrogens is 348 g/mol. The van der Waals surface area contributed by atoms with Crippen LogP contribution in [-0.2, 0) is 10.8 Å². The molecular formula is C22H27ClO3. The van der Waals surface area contributed by atoms with Gasteiger partial charge in [0.25, 0.3) is 0 Å². The summed E-state index contributed by atoms with van der Waals surface area (Å²) in [6.45, 7) is 12.6. The monoisotopic (exact) mass is 374 g/mol. The van der Waals surface area contributed by atoms with Crippen molar-refractivity contribution in [1.82, 2.24) is 0 Å². The van der Waals surface area contributed by atoms with E-state index in [0.29, 0.717) is 16.3 Å². The van der Waals surface area contributed by atoms with Crippen LogP contribution in [0.4, 0.5) is 0 Å². The topological polar surface area (TPSA) is 35.5 Å². The Bertz CT molecular complexity index is 811. The van der Waals surface area contributed by atoms with Gasteiger partial charge in [-0.15, -0.1) is 0 Å². The van der Waals surface area contributed by atoms with Crippen molar-refractivity contribution >= 4 is 17.6 Å². The molecule has 0 atom stereocenters. The quantitative estimate of drug-likeness (QED) is 0.476. The first kappa shape index (κ1) is 20.3. The molecule has 3 nitrogen and oxygen atoms in total. The number of carbonyl (C=O) groups is 1. The second-order valence-electron chi connectivity index (χ2n) is 8.42. The van der Waals surface area contributed by atoms with Crippen molar-refractivity contribution in [2.45, 2.75) is 52.4 Å². The third kappa shape index (κ3) is 4.39. The number of carbonyl (C=O) groups excluding carboxylic acids is 1. The molecule has 0 spiro atoms. The van der Waals surface area contributed by atoms with Crippen molar-refractivity contribution in [3.8, 4) is 11.5 Å². The van der Waals surface area contributed by atoms with Crippen LogP contribution in [-0.4, -0.2) is 13.1 Å². The molecule has 0 fully saturated rings. The maximum Gasteiger partial charge on any atom is 0.343 e. The molecule has 0 aromatic heterocycles. The zero-order chi connectivity index (χ0) is 19.7. The molecule has 0 N–H and O–H groups in total. The Balaban J connectivity index is 2.57. The van der Waals surface area contributed by atoms with Crippen LogP contribution in [0.1, 0.15) is 63.0 Å². The number of ether oxygens (including phenoxy) is 2. The van der Waals surface area contributed by atoms with Crippen molar-refractivity contribution in [2.75, 3.05) is 7.11 Å². The lowest BCUT2D eigenvalue weighted by Gasteiger charge is -2.30. The summed E-state index contributed by atoms with van der Waals surface area (Å²) in [6, 6.07) is 10.6. The van der Waals surface area contributed by atoms with Gasteiger partial charge in [-0.1, -0.05) is 65.3 Å². The largest absolute Gasteiger partial charge is 0.496 e. The zero-order valence-electron chi connectivity index (χ0n) is 16.6. The predicted molar refractivity (Wildman–Crippen MR) is 107 cm³/mol. The summed E-state index contributed by atoms with van der Waals surface area (Å²) in [5, 5.41) is 0.496. The average molecular weight is 375 g/mol.